The Kier molecular flexibility index (Phi) is 8.96. The van der Waals surface area contributed by atoms with Gasteiger partial charge in [0.15, 0.2) is 0 Å². The van der Waals surface area contributed by atoms with Crippen LogP contribution in [0.15, 0.2) is 54.6 Å². The molecule has 29 heavy (non-hydrogen) atoms. The van der Waals surface area contributed by atoms with E-state index in [1.807, 2.05) is 18.2 Å². The van der Waals surface area contributed by atoms with Crippen LogP contribution in [0.2, 0.25) is 0 Å². The predicted octanol–water partition coefficient (Wildman–Crippen LogP) is 4.07. The van der Waals surface area contributed by atoms with Crippen molar-refractivity contribution in [2.45, 2.75) is 51.1 Å². The molecular weight excluding hydrogens is 384 g/mol. The summed E-state index contributed by atoms with van der Waals surface area (Å²) in [6, 6.07) is 20.2. The van der Waals surface area contributed by atoms with E-state index in [0.29, 0.717) is 31.2 Å². The number of hydrogen-bond acceptors (Lipinski definition) is 4. The molecular formula is C24H33ClN2O2. The first-order valence-corrected chi connectivity index (χ1v) is 10.6. The molecule has 2 aromatic rings. The lowest BCUT2D eigenvalue weighted by Gasteiger charge is -2.33. The Hall–Kier alpha value is -1.43. The van der Waals surface area contributed by atoms with Gasteiger partial charge in [0.1, 0.15) is 0 Å². The summed E-state index contributed by atoms with van der Waals surface area (Å²) in [6.07, 6.45) is 3.89. The van der Waals surface area contributed by atoms with E-state index in [1.54, 1.807) is 0 Å². The summed E-state index contributed by atoms with van der Waals surface area (Å²) in [5.74, 6) is 0.686. The van der Waals surface area contributed by atoms with Crippen LogP contribution in [0.25, 0.3) is 0 Å². The molecule has 1 saturated carbocycles. The van der Waals surface area contributed by atoms with E-state index >= 15 is 0 Å². The number of hydrogen-bond donors (Lipinski definition) is 2. The molecule has 1 aliphatic carbocycles. The van der Waals surface area contributed by atoms with Crippen LogP contribution in [0.5, 0.6) is 0 Å². The highest BCUT2D eigenvalue weighted by Gasteiger charge is 2.34. The topological polar surface area (TPSA) is 42.5 Å². The Bertz CT molecular complexity index is 705. The first-order chi connectivity index (χ1) is 13.9. The third kappa shape index (κ3) is 6.53. The molecule has 0 radical (unpaired) electrons. The first-order valence-electron chi connectivity index (χ1n) is 10.6. The zero-order chi connectivity index (χ0) is 19.0. The van der Waals surface area contributed by atoms with Gasteiger partial charge in [-0.25, -0.2) is 0 Å². The molecule has 1 heterocycles. The van der Waals surface area contributed by atoms with Crippen molar-refractivity contribution in [1.82, 2.24) is 10.6 Å². The summed E-state index contributed by atoms with van der Waals surface area (Å²) < 4.78 is 11.5. The smallest absolute Gasteiger partial charge is 0.0721 e. The van der Waals surface area contributed by atoms with Gasteiger partial charge in [-0.1, -0.05) is 61.0 Å². The SMILES string of the molecule is Cl.c1ccc(COCc2ccc(CNC3CCCC3C3COCCN3)cc2)cc1. The summed E-state index contributed by atoms with van der Waals surface area (Å²) >= 11 is 0. The second-order valence-electron chi connectivity index (χ2n) is 8.01. The first kappa shape index (κ1) is 22.3. The summed E-state index contributed by atoms with van der Waals surface area (Å²) in [7, 11) is 0. The van der Waals surface area contributed by atoms with Crippen LogP contribution in [0, 0.1) is 5.92 Å². The van der Waals surface area contributed by atoms with Crippen molar-refractivity contribution in [2.24, 2.45) is 5.92 Å². The average Bonchev–Trinajstić information content (AvgIpc) is 3.23. The predicted molar refractivity (Wildman–Crippen MR) is 119 cm³/mol. The number of nitrogens with one attached hydrogen (secondary N) is 2. The second kappa shape index (κ2) is 11.7. The van der Waals surface area contributed by atoms with Gasteiger partial charge in [0.2, 0.25) is 0 Å². The Morgan fingerprint density at radius 3 is 2.38 bits per heavy atom. The molecule has 1 saturated heterocycles. The molecule has 2 aliphatic rings. The Balaban J connectivity index is 0.00000240. The van der Waals surface area contributed by atoms with Crippen molar-refractivity contribution in [3.63, 3.8) is 0 Å². The van der Waals surface area contributed by atoms with Gasteiger partial charge in [-0.2, -0.15) is 0 Å². The summed E-state index contributed by atoms with van der Waals surface area (Å²) in [5, 5.41) is 7.45. The highest BCUT2D eigenvalue weighted by atomic mass is 35.5. The normalized spacial score (nSPS) is 24.2. The molecule has 0 aromatic heterocycles. The molecule has 2 fully saturated rings. The number of ether oxygens (including phenoxy) is 2. The monoisotopic (exact) mass is 416 g/mol. The fourth-order valence-corrected chi connectivity index (χ4v) is 4.45. The minimum atomic E-state index is 0. The third-order valence-corrected chi connectivity index (χ3v) is 6.01. The largest absolute Gasteiger partial charge is 0.379 e. The van der Waals surface area contributed by atoms with E-state index < -0.39 is 0 Å². The molecule has 0 amide bonds. The van der Waals surface area contributed by atoms with Gasteiger partial charge in [0.05, 0.1) is 26.4 Å². The zero-order valence-electron chi connectivity index (χ0n) is 17.0. The maximum Gasteiger partial charge on any atom is 0.0721 e. The molecule has 2 aromatic carbocycles. The average molecular weight is 417 g/mol. The fraction of sp³-hybridized carbons (Fsp3) is 0.500. The van der Waals surface area contributed by atoms with Gasteiger partial charge >= 0.3 is 0 Å². The van der Waals surface area contributed by atoms with Crippen molar-refractivity contribution in [3.05, 3.63) is 71.3 Å². The zero-order valence-corrected chi connectivity index (χ0v) is 17.8. The van der Waals surface area contributed by atoms with Crippen molar-refractivity contribution in [3.8, 4) is 0 Å². The highest BCUT2D eigenvalue weighted by molar-refractivity contribution is 5.85. The molecule has 4 rings (SSSR count). The summed E-state index contributed by atoms with van der Waals surface area (Å²) in [6.45, 7) is 4.94. The van der Waals surface area contributed by atoms with E-state index in [1.165, 1.54) is 36.0 Å². The number of halogens is 1. The van der Waals surface area contributed by atoms with E-state index in [2.05, 4.69) is 47.0 Å². The third-order valence-electron chi connectivity index (χ3n) is 6.01. The maximum atomic E-state index is 5.83. The van der Waals surface area contributed by atoms with E-state index in [-0.39, 0.29) is 12.4 Å². The lowest BCUT2D eigenvalue weighted by molar-refractivity contribution is 0.0524. The van der Waals surface area contributed by atoms with Crippen LogP contribution in [0.1, 0.15) is 36.0 Å². The van der Waals surface area contributed by atoms with Crippen LogP contribution in [-0.4, -0.2) is 31.8 Å². The number of benzene rings is 2. The number of rotatable bonds is 8. The van der Waals surface area contributed by atoms with Crippen molar-refractivity contribution in [1.29, 1.82) is 0 Å². The molecule has 5 heteroatoms. The molecule has 3 unspecified atom stereocenters. The lowest BCUT2D eigenvalue weighted by Crippen LogP contribution is -2.50. The highest BCUT2D eigenvalue weighted by Crippen LogP contribution is 2.29. The molecule has 158 valence electrons. The second-order valence-corrected chi connectivity index (χ2v) is 8.01. The molecule has 0 spiro atoms. The quantitative estimate of drug-likeness (QED) is 0.680. The van der Waals surface area contributed by atoms with E-state index in [4.69, 9.17) is 9.47 Å². The van der Waals surface area contributed by atoms with Crippen molar-refractivity contribution < 1.29 is 9.47 Å². The molecule has 0 bridgehead atoms. The van der Waals surface area contributed by atoms with Gasteiger partial charge in [0.25, 0.3) is 0 Å². The lowest BCUT2D eigenvalue weighted by atomic mass is 9.94. The van der Waals surface area contributed by atoms with Gasteiger partial charge in [0, 0.05) is 25.2 Å². The van der Waals surface area contributed by atoms with Gasteiger partial charge in [-0.3, -0.25) is 0 Å². The molecule has 3 atom stereocenters. The van der Waals surface area contributed by atoms with Gasteiger partial charge in [-0.05, 0) is 35.4 Å². The molecule has 1 aliphatic heterocycles. The van der Waals surface area contributed by atoms with Crippen LogP contribution in [0.4, 0.5) is 0 Å². The molecule has 4 nitrogen and oxygen atoms in total. The van der Waals surface area contributed by atoms with Gasteiger partial charge < -0.3 is 20.1 Å². The standard InChI is InChI=1S/C24H32N2O2.ClH/c1-2-5-20(6-3-1)16-28-17-21-11-9-19(10-12-21)15-26-23-8-4-7-22(23)24-18-27-14-13-25-24;/h1-3,5-6,9-12,22-26H,4,7-8,13-18H2;1H. The van der Waals surface area contributed by atoms with Gasteiger partial charge in [-0.15, -0.1) is 12.4 Å². The fourth-order valence-electron chi connectivity index (χ4n) is 4.45. The van der Waals surface area contributed by atoms with Crippen LogP contribution in [0.3, 0.4) is 0 Å². The van der Waals surface area contributed by atoms with Crippen molar-refractivity contribution >= 4 is 12.4 Å². The Morgan fingerprint density at radius 1 is 0.931 bits per heavy atom. The van der Waals surface area contributed by atoms with Crippen LogP contribution in [-0.2, 0) is 29.2 Å². The minimum Gasteiger partial charge on any atom is -0.379 e. The Morgan fingerprint density at radius 2 is 1.66 bits per heavy atom. The van der Waals surface area contributed by atoms with E-state index in [9.17, 15) is 0 Å². The minimum absolute atomic E-state index is 0. The van der Waals surface area contributed by atoms with Crippen LogP contribution >= 0.6 is 12.4 Å². The maximum absolute atomic E-state index is 5.83. The van der Waals surface area contributed by atoms with Crippen LogP contribution < -0.4 is 10.6 Å². The molecule has 2 N–H and O–H groups in total. The summed E-state index contributed by atoms with van der Waals surface area (Å²) in [5.41, 5.74) is 3.78. The Labute approximate surface area is 180 Å². The van der Waals surface area contributed by atoms with Crippen molar-refractivity contribution in [2.75, 3.05) is 19.8 Å². The number of morpholine rings is 1. The van der Waals surface area contributed by atoms with E-state index in [0.717, 1.165) is 26.3 Å². The summed E-state index contributed by atoms with van der Waals surface area (Å²) in [4.78, 5) is 0.